The van der Waals surface area contributed by atoms with Crippen LogP contribution in [0.3, 0.4) is 0 Å². The first-order chi connectivity index (χ1) is 9.08. The van der Waals surface area contributed by atoms with E-state index in [0.717, 1.165) is 10.4 Å². The van der Waals surface area contributed by atoms with Gasteiger partial charge in [-0.1, -0.05) is 18.2 Å². The number of nitrogens with one attached hydrogen (secondary N) is 1. The summed E-state index contributed by atoms with van der Waals surface area (Å²) in [6.45, 7) is 1.84. The molecule has 0 spiro atoms. The van der Waals surface area contributed by atoms with Crippen molar-refractivity contribution in [1.82, 2.24) is 5.32 Å². The Kier molecular flexibility index (Phi) is 4.29. The summed E-state index contributed by atoms with van der Waals surface area (Å²) in [4.78, 5) is 12.8. The standard InChI is InChI=1S/C14H15FN2OS/c1-9(10-4-6-11(15)7-5-10)17-14(18)13(16)12-3-2-8-19-12/h2-9,13H,16H2,1H3,(H,17,18)/t9-,13?/m0/s1. The molecule has 1 heterocycles. The Bertz CT molecular complexity index is 539. The summed E-state index contributed by atoms with van der Waals surface area (Å²) in [6.07, 6.45) is 0. The van der Waals surface area contributed by atoms with Crippen molar-refractivity contribution in [2.75, 3.05) is 0 Å². The zero-order valence-corrected chi connectivity index (χ0v) is 11.3. The van der Waals surface area contributed by atoms with Gasteiger partial charge in [-0.25, -0.2) is 4.39 Å². The summed E-state index contributed by atoms with van der Waals surface area (Å²) in [5.74, 6) is -0.531. The van der Waals surface area contributed by atoms with Gasteiger partial charge in [-0.15, -0.1) is 11.3 Å². The van der Waals surface area contributed by atoms with E-state index in [9.17, 15) is 9.18 Å². The number of halogens is 1. The van der Waals surface area contributed by atoms with Crippen LogP contribution in [0, 0.1) is 5.82 Å². The lowest BCUT2D eigenvalue weighted by atomic mass is 10.1. The lowest BCUT2D eigenvalue weighted by molar-refractivity contribution is -0.123. The van der Waals surface area contributed by atoms with Crippen molar-refractivity contribution in [3.05, 3.63) is 58.0 Å². The van der Waals surface area contributed by atoms with Crippen molar-refractivity contribution in [1.29, 1.82) is 0 Å². The van der Waals surface area contributed by atoms with Gasteiger partial charge in [0.2, 0.25) is 5.91 Å². The quantitative estimate of drug-likeness (QED) is 0.903. The maximum atomic E-state index is 12.8. The summed E-state index contributed by atoms with van der Waals surface area (Å²) in [7, 11) is 0. The zero-order valence-electron chi connectivity index (χ0n) is 10.5. The van der Waals surface area contributed by atoms with Crippen LogP contribution < -0.4 is 11.1 Å². The molecule has 3 nitrogen and oxygen atoms in total. The third-order valence-corrected chi connectivity index (χ3v) is 3.82. The van der Waals surface area contributed by atoms with Crippen molar-refractivity contribution in [3.8, 4) is 0 Å². The van der Waals surface area contributed by atoms with E-state index in [0.29, 0.717) is 0 Å². The molecule has 5 heteroatoms. The molecule has 0 aliphatic heterocycles. The lowest BCUT2D eigenvalue weighted by Crippen LogP contribution is -2.35. The van der Waals surface area contributed by atoms with Crippen LogP contribution >= 0.6 is 11.3 Å². The van der Waals surface area contributed by atoms with E-state index in [1.807, 2.05) is 24.4 Å². The molecule has 1 amide bonds. The van der Waals surface area contributed by atoms with Crippen LogP contribution in [-0.2, 0) is 4.79 Å². The largest absolute Gasteiger partial charge is 0.348 e. The fraction of sp³-hybridized carbons (Fsp3) is 0.214. The Labute approximate surface area is 115 Å². The van der Waals surface area contributed by atoms with Gasteiger partial charge in [0.25, 0.3) is 0 Å². The molecule has 2 rings (SSSR count). The van der Waals surface area contributed by atoms with E-state index in [2.05, 4.69) is 5.32 Å². The van der Waals surface area contributed by atoms with E-state index in [-0.39, 0.29) is 17.8 Å². The number of hydrogen-bond donors (Lipinski definition) is 2. The van der Waals surface area contributed by atoms with Crippen molar-refractivity contribution in [2.45, 2.75) is 19.0 Å². The minimum absolute atomic E-state index is 0.209. The van der Waals surface area contributed by atoms with E-state index in [1.54, 1.807) is 12.1 Å². The van der Waals surface area contributed by atoms with Crippen LogP contribution in [0.5, 0.6) is 0 Å². The second-order valence-electron chi connectivity index (χ2n) is 4.27. The Morgan fingerprint density at radius 3 is 2.58 bits per heavy atom. The molecule has 3 N–H and O–H groups in total. The molecule has 0 aliphatic rings. The third kappa shape index (κ3) is 3.39. The number of carbonyl (C=O) groups is 1. The average molecular weight is 278 g/mol. The Morgan fingerprint density at radius 2 is 2.00 bits per heavy atom. The maximum Gasteiger partial charge on any atom is 0.242 e. The summed E-state index contributed by atoms with van der Waals surface area (Å²) in [6, 6.07) is 8.86. The first-order valence-electron chi connectivity index (χ1n) is 5.93. The monoisotopic (exact) mass is 278 g/mol. The van der Waals surface area contributed by atoms with Gasteiger partial charge in [-0.05, 0) is 36.1 Å². The Balaban J connectivity index is 2.00. The molecule has 1 aromatic carbocycles. The number of benzene rings is 1. The highest BCUT2D eigenvalue weighted by atomic mass is 32.1. The topological polar surface area (TPSA) is 55.1 Å². The van der Waals surface area contributed by atoms with E-state index in [4.69, 9.17) is 5.73 Å². The smallest absolute Gasteiger partial charge is 0.242 e. The van der Waals surface area contributed by atoms with Crippen LogP contribution in [-0.4, -0.2) is 5.91 Å². The highest BCUT2D eigenvalue weighted by molar-refractivity contribution is 7.10. The Hall–Kier alpha value is -1.72. The third-order valence-electron chi connectivity index (χ3n) is 2.86. The summed E-state index contributed by atoms with van der Waals surface area (Å²) >= 11 is 1.45. The van der Waals surface area contributed by atoms with Crippen LogP contribution in [0.2, 0.25) is 0 Å². The number of carbonyl (C=O) groups excluding carboxylic acids is 1. The molecule has 1 unspecified atom stereocenters. The van der Waals surface area contributed by atoms with E-state index >= 15 is 0 Å². The fourth-order valence-electron chi connectivity index (χ4n) is 1.74. The first kappa shape index (κ1) is 13.7. The minimum atomic E-state index is -0.664. The van der Waals surface area contributed by atoms with Crippen LogP contribution in [0.25, 0.3) is 0 Å². The molecule has 100 valence electrons. The van der Waals surface area contributed by atoms with Gasteiger partial charge in [-0.3, -0.25) is 4.79 Å². The molecule has 0 saturated carbocycles. The van der Waals surface area contributed by atoms with Gasteiger partial charge in [0.1, 0.15) is 11.9 Å². The molecule has 0 fully saturated rings. The molecule has 1 aromatic heterocycles. The van der Waals surface area contributed by atoms with Crippen LogP contribution in [0.15, 0.2) is 41.8 Å². The predicted molar refractivity (Wildman–Crippen MR) is 74.2 cm³/mol. The average Bonchev–Trinajstić information content (AvgIpc) is 2.92. The van der Waals surface area contributed by atoms with Crippen molar-refractivity contribution in [2.24, 2.45) is 5.73 Å². The number of hydrogen-bond acceptors (Lipinski definition) is 3. The van der Waals surface area contributed by atoms with Gasteiger partial charge < -0.3 is 11.1 Å². The normalized spacial score (nSPS) is 13.8. The van der Waals surface area contributed by atoms with Crippen molar-refractivity contribution in [3.63, 3.8) is 0 Å². The molecule has 0 bridgehead atoms. The van der Waals surface area contributed by atoms with Crippen molar-refractivity contribution >= 4 is 17.2 Å². The van der Waals surface area contributed by atoms with Crippen molar-refractivity contribution < 1.29 is 9.18 Å². The van der Waals surface area contributed by atoms with Crippen LogP contribution in [0.4, 0.5) is 4.39 Å². The molecular weight excluding hydrogens is 263 g/mol. The van der Waals surface area contributed by atoms with E-state index in [1.165, 1.54) is 23.5 Å². The summed E-state index contributed by atoms with van der Waals surface area (Å²) in [5, 5.41) is 4.70. The van der Waals surface area contributed by atoms with Gasteiger partial charge in [0.15, 0.2) is 0 Å². The SMILES string of the molecule is C[C@H](NC(=O)C(N)c1cccs1)c1ccc(F)cc1. The van der Waals surface area contributed by atoms with Gasteiger partial charge in [0.05, 0.1) is 6.04 Å². The second kappa shape index (κ2) is 5.95. The van der Waals surface area contributed by atoms with Gasteiger partial charge in [0, 0.05) is 4.88 Å². The predicted octanol–water partition coefficient (Wildman–Crippen LogP) is 2.76. The van der Waals surface area contributed by atoms with Crippen LogP contribution in [0.1, 0.15) is 29.4 Å². The van der Waals surface area contributed by atoms with E-state index < -0.39 is 6.04 Å². The first-order valence-corrected chi connectivity index (χ1v) is 6.80. The molecule has 0 aliphatic carbocycles. The summed E-state index contributed by atoms with van der Waals surface area (Å²) < 4.78 is 12.8. The number of amides is 1. The number of thiophene rings is 1. The minimum Gasteiger partial charge on any atom is -0.348 e. The van der Waals surface area contributed by atoms with Gasteiger partial charge in [-0.2, -0.15) is 0 Å². The number of nitrogens with two attached hydrogens (primary N) is 1. The molecular formula is C14H15FN2OS. The molecule has 0 saturated heterocycles. The van der Waals surface area contributed by atoms with Gasteiger partial charge >= 0.3 is 0 Å². The second-order valence-corrected chi connectivity index (χ2v) is 5.25. The molecule has 19 heavy (non-hydrogen) atoms. The lowest BCUT2D eigenvalue weighted by Gasteiger charge is -2.17. The highest BCUT2D eigenvalue weighted by Crippen LogP contribution is 2.19. The molecule has 0 radical (unpaired) electrons. The molecule has 2 aromatic rings. The highest BCUT2D eigenvalue weighted by Gasteiger charge is 2.18. The fourth-order valence-corrected chi connectivity index (χ4v) is 2.46. The molecule has 2 atom stereocenters. The summed E-state index contributed by atoms with van der Waals surface area (Å²) in [5.41, 5.74) is 6.71. The zero-order chi connectivity index (χ0) is 13.8. The maximum absolute atomic E-state index is 12.8. The Morgan fingerprint density at radius 1 is 1.32 bits per heavy atom. The number of rotatable bonds is 4.